The van der Waals surface area contributed by atoms with Gasteiger partial charge in [0.05, 0.1) is 11.1 Å². The Morgan fingerprint density at radius 1 is 1.40 bits per heavy atom. The molecule has 1 atom stereocenters. The highest BCUT2D eigenvalue weighted by molar-refractivity contribution is 5.90. The van der Waals surface area contributed by atoms with Crippen molar-refractivity contribution in [2.45, 2.75) is 25.9 Å². The lowest BCUT2D eigenvalue weighted by Crippen LogP contribution is -2.34. The summed E-state index contributed by atoms with van der Waals surface area (Å²) in [5, 5.41) is 8.86. The van der Waals surface area contributed by atoms with Crippen LogP contribution in [0, 0.1) is 5.92 Å². The minimum absolute atomic E-state index is 0.428. The van der Waals surface area contributed by atoms with E-state index in [1.54, 1.807) is 0 Å². The normalized spacial score (nSPS) is 20.0. The van der Waals surface area contributed by atoms with Crippen molar-refractivity contribution >= 4 is 11.7 Å². The van der Waals surface area contributed by atoms with E-state index in [2.05, 4.69) is 6.92 Å². The van der Waals surface area contributed by atoms with Crippen LogP contribution in [-0.2, 0) is 6.18 Å². The van der Waals surface area contributed by atoms with Crippen LogP contribution < -0.4 is 4.90 Å². The largest absolute Gasteiger partial charge is 0.478 e. The van der Waals surface area contributed by atoms with Crippen LogP contribution in [-0.4, -0.2) is 24.2 Å². The Morgan fingerprint density at radius 2 is 2.10 bits per heavy atom. The molecule has 1 aromatic carbocycles. The van der Waals surface area contributed by atoms with Crippen LogP contribution in [0.3, 0.4) is 0 Å². The first kappa shape index (κ1) is 14.7. The molecule has 0 radical (unpaired) electrons. The lowest BCUT2D eigenvalue weighted by Gasteiger charge is -2.33. The molecule has 2 rings (SSSR count). The van der Waals surface area contributed by atoms with Gasteiger partial charge in [0.15, 0.2) is 0 Å². The Hall–Kier alpha value is -1.72. The summed E-state index contributed by atoms with van der Waals surface area (Å²) in [7, 11) is 0. The summed E-state index contributed by atoms with van der Waals surface area (Å²) in [4.78, 5) is 12.8. The first-order chi connectivity index (χ1) is 9.29. The van der Waals surface area contributed by atoms with Gasteiger partial charge in [0, 0.05) is 18.8 Å². The number of hydrogen-bond donors (Lipinski definition) is 1. The van der Waals surface area contributed by atoms with E-state index in [0.717, 1.165) is 25.0 Å². The summed E-state index contributed by atoms with van der Waals surface area (Å²) in [5.41, 5.74) is -1.35. The Morgan fingerprint density at radius 3 is 2.65 bits per heavy atom. The number of carboxylic acid groups (broad SMARTS) is 1. The van der Waals surface area contributed by atoms with Crippen molar-refractivity contribution in [3.63, 3.8) is 0 Å². The molecule has 1 fully saturated rings. The van der Waals surface area contributed by atoms with Gasteiger partial charge in [-0.3, -0.25) is 0 Å². The average molecular weight is 287 g/mol. The maximum absolute atomic E-state index is 13.0. The Balaban J connectivity index is 2.39. The molecule has 0 bridgehead atoms. The van der Waals surface area contributed by atoms with Crippen molar-refractivity contribution in [1.82, 2.24) is 0 Å². The molecule has 20 heavy (non-hydrogen) atoms. The summed E-state index contributed by atoms with van der Waals surface area (Å²) in [5.74, 6) is -1.13. The lowest BCUT2D eigenvalue weighted by molar-refractivity contribution is -0.138. The standard InChI is InChI=1S/C14H16F3NO2/c1-9-3-2-6-18(8-9)10-4-5-11(13(19)20)12(7-10)14(15,16)17/h4-5,7,9H,2-3,6,8H2,1H3,(H,19,20). The molecule has 6 heteroatoms. The Labute approximate surface area is 115 Å². The summed E-state index contributed by atoms with van der Waals surface area (Å²) in [6.45, 7) is 3.46. The van der Waals surface area contributed by atoms with E-state index in [0.29, 0.717) is 24.7 Å². The zero-order chi connectivity index (χ0) is 14.9. The van der Waals surface area contributed by atoms with Crippen LogP contribution in [0.15, 0.2) is 18.2 Å². The minimum Gasteiger partial charge on any atom is -0.478 e. The molecule has 0 spiro atoms. The van der Waals surface area contributed by atoms with Crippen LogP contribution in [0.4, 0.5) is 18.9 Å². The summed E-state index contributed by atoms with van der Waals surface area (Å²) >= 11 is 0. The number of hydrogen-bond acceptors (Lipinski definition) is 2. The predicted molar refractivity (Wildman–Crippen MR) is 69.0 cm³/mol. The number of halogens is 3. The fraction of sp³-hybridized carbons (Fsp3) is 0.500. The number of rotatable bonds is 2. The number of aromatic carboxylic acids is 1. The molecule has 0 aromatic heterocycles. The number of benzene rings is 1. The van der Waals surface area contributed by atoms with Crippen molar-refractivity contribution in [3.05, 3.63) is 29.3 Å². The third-order valence-corrected chi connectivity index (χ3v) is 3.56. The first-order valence-electron chi connectivity index (χ1n) is 6.48. The topological polar surface area (TPSA) is 40.5 Å². The van der Waals surface area contributed by atoms with Gasteiger partial charge in [-0.25, -0.2) is 4.79 Å². The van der Waals surface area contributed by atoms with Crippen LogP contribution in [0.2, 0.25) is 0 Å². The maximum atomic E-state index is 13.0. The van der Waals surface area contributed by atoms with Crippen LogP contribution in [0.5, 0.6) is 0 Å². The zero-order valence-electron chi connectivity index (χ0n) is 11.1. The van der Waals surface area contributed by atoms with Crippen molar-refractivity contribution in [2.24, 2.45) is 5.92 Å². The molecule has 1 unspecified atom stereocenters. The highest BCUT2D eigenvalue weighted by Gasteiger charge is 2.36. The zero-order valence-corrected chi connectivity index (χ0v) is 11.1. The van der Waals surface area contributed by atoms with Gasteiger partial charge in [-0.1, -0.05) is 6.92 Å². The van der Waals surface area contributed by atoms with Gasteiger partial charge < -0.3 is 10.0 Å². The van der Waals surface area contributed by atoms with Gasteiger partial charge in [-0.15, -0.1) is 0 Å². The van der Waals surface area contributed by atoms with E-state index in [-0.39, 0.29) is 0 Å². The van der Waals surface area contributed by atoms with Gasteiger partial charge in [-0.05, 0) is 37.0 Å². The molecule has 1 saturated heterocycles. The van der Waals surface area contributed by atoms with Crippen molar-refractivity contribution in [1.29, 1.82) is 0 Å². The smallest absolute Gasteiger partial charge is 0.417 e. The quantitative estimate of drug-likeness (QED) is 0.902. The molecule has 1 aliphatic heterocycles. The van der Waals surface area contributed by atoms with Crippen LogP contribution in [0.1, 0.15) is 35.7 Å². The third kappa shape index (κ3) is 3.05. The Bertz CT molecular complexity index is 514. The molecule has 0 aliphatic carbocycles. The Kier molecular flexibility index (Phi) is 3.92. The van der Waals surface area contributed by atoms with E-state index in [9.17, 15) is 18.0 Å². The number of piperidine rings is 1. The molecule has 110 valence electrons. The summed E-state index contributed by atoms with van der Waals surface area (Å²) in [6.07, 6.45) is -2.66. The molecular weight excluding hydrogens is 271 g/mol. The van der Waals surface area contributed by atoms with E-state index in [1.807, 2.05) is 4.90 Å². The van der Waals surface area contributed by atoms with Crippen molar-refractivity contribution < 1.29 is 23.1 Å². The van der Waals surface area contributed by atoms with E-state index >= 15 is 0 Å². The molecule has 1 N–H and O–H groups in total. The van der Waals surface area contributed by atoms with E-state index < -0.39 is 23.3 Å². The molecule has 3 nitrogen and oxygen atoms in total. The van der Waals surface area contributed by atoms with Crippen molar-refractivity contribution in [2.75, 3.05) is 18.0 Å². The second-order valence-electron chi connectivity index (χ2n) is 5.23. The van der Waals surface area contributed by atoms with Crippen LogP contribution in [0.25, 0.3) is 0 Å². The van der Waals surface area contributed by atoms with Gasteiger partial charge in [0.2, 0.25) is 0 Å². The highest BCUT2D eigenvalue weighted by atomic mass is 19.4. The van der Waals surface area contributed by atoms with Gasteiger partial charge >= 0.3 is 12.1 Å². The SMILES string of the molecule is CC1CCCN(c2ccc(C(=O)O)c(C(F)(F)F)c2)C1. The number of alkyl halides is 3. The highest BCUT2D eigenvalue weighted by Crippen LogP contribution is 2.35. The summed E-state index contributed by atoms with van der Waals surface area (Å²) in [6, 6.07) is 3.44. The molecule has 0 saturated carbocycles. The predicted octanol–water partition coefficient (Wildman–Crippen LogP) is 3.64. The van der Waals surface area contributed by atoms with Crippen molar-refractivity contribution in [3.8, 4) is 0 Å². The minimum atomic E-state index is -4.66. The molecular formula is C14H16F3NO2. The number of nitrogens with zero attached hydrogens (tertiary/aromatic N) is 1. The lowest BCUT2D eigenvalue weighted by atomic mass is 9.98. The van der Waals surface area contributed by atoms with E-state index in [4.69, 9.17) is 5.11 Å². The van der Waals surface area contributed by atoms with E-state index in [1.165, 1.54) is 6.07 Å². The second-order valence-corrected chi connectivity index (χ2v) is 5.23. The fourth-order valence-corrected chi connectivity index (χ4v) is 2.57. The molecule has 1 heterocycles. The third-order valence-electron chi connectivity index (χ3n) is 3.56. The first-order valence-corrected chi connectivity index (χ1v) is 6.48. The number of carboxylic acids is 1. The summed E-state index contributed by atoms with van der Waals surface area (Å²) < 4.78 is 38.9. The van der Waals surface area contributed by atoms with Gasteiger partial charge in [-0.2, -0.15) is 13.2 Å². The van der Waals surface area contributed by atoms with Gasteiger partial charge in [0.1, 0.15) is 0 Å². The monoisotopic (exact) mass is 287 g/mol. The average Bonchev–Trinajstić information content (AvgIpc) is 2.37. The second kappa shape index (κ2) is 5.34. The molecule has 1 aromatic rings. The number of anilines is 1. The van der Waals surface area contributed by atoms with Crippen LogP contribution >= 0.6 is 0 Å². The molecule has 1 aliphatic rings. The molecule has 0 amide bonds. The van der Waals surface area contributed by atoms with Gasteiger partial charge in [0.25, 0.3) is 0 Å². The fourth-order valence-electron chi connectivity index (χ4n) is 2.57. The number of carbonyl (C=O) groups is 1. The maximum Gasteiger partial charge on any atom is 0.417 e.